The standard InChI is InChI=1S/C22H21ClN4O/c23-18-8-4-6-16(14-18)21(28)27-13-5-7-17(15-27)20-11-12-24-22(26-20)25-19-9-2-1-3-10-19/h1-4,6,8-12,14,17H,5,7,13,15H2,(H,24,25,26). The van der Waals surface area contributed by atoms with E-state index < -0.39 is 0 Å². The lowest BCUT2D eigenvalue weighted by atomic mass is 9.94. The molecule has 1 amide bonds. The number of carbonyl (C=O) groups excluding carboxylic acids is 1. The third kappa shape index (κ3) is 4.31. The van der Waals surface area contributed by atoms with Crippen LogP contribution in [-0.2, 0) is 0 Å². The maximum atomic E-state index is 12.9. The van der Waals surface area contributed by atoms with Crippen molar-refractivity contribution in [3.05, 3.63) is 83.1 Å². The van der Waals surface area contributed by atoms with Gasteiger partial charge in [-0.2, -0.15) is 0 Å². The van der Waals surface area contributed by atoms with Crippen molar-refractivity contribution in [2.45, 2.75) is 18.8 Å². The first-order valence-electron chi connectivity index (χ1n) is 9.39. The Morgan fingerprint density at radius 2 is 1.96 bits per heavy atom. The molecule has 1 fully saturated rings. The van der Waals surface area contributed by atoms with Gasteiger partial charge in [0.1, 0.15) is 0 Å². The second-order valence-electron chi connectivity index (χ2n) is 6.90. The highest BCUT2D eigenvalue weighted by Gasteiger charge is 2.26. The molecule has 4 rings (SSSR count). The Balaban J connectivity index is 1.48. The van der Waals surface area contributed by atoms with Gasteiger partial charge in [0.15, 0.2) is 0 Å². The molecule has 1 aliphatic rings. The molecule has 1 unspecified atom stereocenters. The lowest BCUT2D eigenvalue weighted by Crippen LogP contribution is -2.39. The minimum Gasteiger partial charge on any atom is -0.338 e. The van der Waals surface area contributed by atoms with Crippen LogP contribution in [0.1, 0.15) is 34.8 Å². The van der Waals surface area contributed by atoms with Crippen molar-refractivity contribution in [1.82, 2.24) is 14.9 Å². The van der Waals surface area contributed by atoms with Gasteiger partial charge in [0.05, 0.1) is 5.69 Å². The van der Waals surface area contributed by atoms with Crippen LogP contribution in [0, 0.1) is 0 Å². The zero-order chi connectivity index (χ0) is 19.3. The van der Waals surface area contributed by atoms with Crippen LogP contribution in [-0.4, -0.2) is 33.9 Å². The maximum absolute atomic E-state index is 12.9. The number of hydrogen-bond acceptors (Lipinski definition) is 4. The molecule has 5 nitrogen and oxygen atoms in total. The molecular weight excluding hydrogens is 372 g/mol. The summed E-state index contributed by atoms with van der Waals surface area (Å²) in [6.45, 7) is 1.40. The zero-order valence-electron chi connectivity index (χ0n) is 15.4. The van der Waals surface area contributed by atoms with E-state index >= 15 is 0 Å². The first-order chi connectivity index (χ1) is 13.7. The number of para-hydroxylation sites is 1. The summed E-state index contributed by atoms with van der Waals surface area (Å²) in [7, 11) is 0. The summed E-state index contributed by atoms with van der Waals surface area (Å²) < 4.78 is 0. The number of aromatic nitrogens is 2. The highest BCUT2D eigenvalue weighted by Crippen LogP contribution is 2.27. The minimum absolute atomic E-state index is 0.0175. The maximum Gasteiger partial charge on any atom is 0.253 e. The molecule has 0 aliphatic carbocycles. The molecule has 1 saturated heterocycles. The Morgan fingerprint density at radius 3 is 2.79 bits per heavy atom. The number of carbonyl (C=O) groups is 1. The first-order valence-corrected chi connectivity index (χ1v) is 9.77. The summed E-state index contributed by atoms with van der Waals surface area (Å²) in [4.78, 5) is 23.8. The summed E-state index contributed by atoms with van der Waals surface area (Å²) in [6.07, 6.45) is 3.72. The Labute approximate surface area is 169 Å². The molecule has 0 saturated carbocycles. The largest absolute Gasteiger partial charge is 0.338 e. The number of nitrogens with one attached hydrogen (secondary N) is 1. The molecule has 0 radical (unpaired) electrons. The van der Waals surface area contributed by atoms with E-state index in [4.69, 9.17) is 16.6 Å². The van der Waals surface area contributed by atoms with Gasteiger partial charge < -0.3 is 10.2 Å². The summed E-state index contributed by atoms with van der Waals surface area (Å²) >= 11 is 6.04. The smallest absolute Gasteiger partial charge is 0.253 e. The van der Waals surface area contributed by atoms with Gasteiger partial charge in [-0.05, 0) is 49.2 Å². The number of halogens is 1. The van der Waals surface area contributed by atoms with Crippen LogP contribution in [0.15, 0.2) is 66.9 Å². The Morgan fingerprint density at radius 1 is 1.11 bits per heavy atom. The van der Waals surface area contributed by atoms with Crippen molar-refractivity contribution in [1.29, 1.82) is 0 Å². The fraction of sp³-hybridized carbons (Fsp3) is 0.227. The minimum atomic E-state index is 0.0175. The van der Waals surface area contributed by atoms with E-state index in [0.29, 0.717) is 23.1 Å². The first kappa shape index (κ1) is 18.4. The van der Waals surface area contributed by atoms with E-state index in [1.165, 1.54) is 0 Å². The molecule has 1 atom stereocenters. The fourth-order valence-electron chi connectivity index (χ4n) is 3.52. The number of nitrogens with zero attached hydrogens (tertiary/aromatic N) is 3. The summed E-state index contributed by atoms with van der Waals surface area (Å²) in [6, 6.07) is 18.9. The number of anilines is 2. The summed E-state index contributed by atoms with van der Waals surface area (Å²) in [5.41, 5.74) is 2.53. The molecule has 1 N–H and O–H groups in total. The third-order valence-electron chi connectivity index (χ3n) is 4.91. The van der Waals surface area contributed by atoms with Crippen LogP contribution < -0.4 is 5.32 Å². The van der Waals surface area contributed by atoms with Crippen LogP contribution >= 0.6 is 11.6 Å². The number of likely N-dealkylation sites (tertiary alicyclic amines) is 1. The van der Waals surface area contributed by atoms with Gasteiger partial charge in [-0.25, -0.2) is 9.97 Å². The Hall–Kier alpha value is -2.92. The van der Waals surface area contributed by atoms with Gasteiger partial charge in [0.2, 0.25) is 5.95 Å². The van der Waals surface area contributed by atoms with Crippen molar-refractivity contribution in [2.75, 3.05) is 18.4 Å². The molecule has 1 aromatic heterocycles. The SMILES string of the molecule is O=C(c1cccc(Cl)c1)N1CCCC(c2ccnc(Nc3ccccc3)n2)C1. The average Bonchev–Trinajstić information content (AvgIpc) is 2.74. The second kappa shape index (κ2) is 8.40. The number of benzene rings is 2. The van der Waals surface area contributed by atoms with Crippen molar-refractivity contribution < 1.29 is 4.79 Å². The monoisotopic (exact) mass is 392 g/mol. The molecule has 0 spiro atoms. The van der Waals surface area contributed by atoms with Gasteiger partial charge in [-0.15, -0.1) is 0 Å². The quantitative estimate of drug-likeness (QED) is 0.686. The van der Waals surface area contributed by atoms with Crippen LogP contribution in [0.2, 0.25) is 5.02 Å². The van der Waals surface area contributed by atoms with Gasteiger partial charge >= 0.3 is 0 Å². The van der Waals surface area contributed by atoms with Crippen LogP contribution in [0.3, 0.4) is 0 Å². The molecule has 142 valence electrons. The molecule has 6 heteroatoms. The molecule has 2 aromatic carbocycles. The van der Waals surface area contributed by atoms with Crippen molar-refractivity contribution in [3.63, 3.8) is 0 Å². The molecule has 3 aromatic rings. The normalized spacial score (nSPS) is 16.6. The van der Waals surface area contributed by atoms with E-state index in [2.05, 4.69) is 10.3 Å². The number of piperidine rings is 1. The Kier molecular flexibility index (Phi) is 5.53. The molecule has 2 heterocycles. The van der Waals surface area contributed by atoms with Gasteiger partial charge in [0, 0.05) is 41.5 Å². The van der Waals surface area contributed by atoms with Crippen molar-refractivity contribution in [2.24, 2.45) is 0 Å². The summed E-state index contributed by atoms with van der Waals surface area (Å²) in [5, 5.41) is 3.81. The van der Waals surface area contributed by atoms with E-state index in [1.54, 1.807) is 18.3 Å². The number of rotatable bonds is 4. The zero-order valence-corrected chi connectivity index (χ0v) is 16.1. The van der Waals surface area contributed by atoms with Crippen LogP contribution in [0.4, 0.5) is 11.6 Å². The number of hydrogen-bond donors (Lipinski definition) is 1. The summed E-state index contributed by atoms with van der Waals surface area (Å²) in [5.74, 6) is 0.780. The highest BCUT2D eigenvalue weighted by molar-refractivity contribution is 6.30. The molecular formula is C22H21ClN4O. The lowest BCUT2D eigenvalue weighted by molar-refractivity contribution is 0.0706. The predicted octanol–water partition coefficient (Wildman–Crippen LogP) is 4.89. The predicted molar refractivity (Wildman–Crippen MR) is 111 cm³/mol. The highest BCUT2D eigenvalue weighted by atomic mass is 35.5. The fourth-order valence-corrected chi connectivity index (χ4v) is 3.71. The topological polar surface area (TPSA) is 58.1 Å². The van der Waals surface area contributed by atoms with E-state index in [1.807, 2.05) is 53.4 Å². The van der Waals surface area contributed by atoms with Gasteiger partial charge in [-0.3, -0.25) is 4.79 Å². The van der Waals surface area contributed by atoms with Crippen molar-refractivity contribution in [3.8, 4) is 0 Å². The third-order valence-corrected chi connectivity index (χ3v) is 5.14. The molecule has 28 heavy (non-hydrogen) atoms. The lowest BCUT2D eigenvalue weighted by Gasteiger charge is -2.32. The van der Waals surface area contributed by atoms with E-state index in [-0.39, 0.29) is 11.8 Å². The van der Waals surface area contributed by atoms with Gasteiger partial charge in [-0.1, -0.05) is 35.9 Å². The number of amides is 1. The average molecular weight is 393 g/mol. The van der Waals surface area contributed by atoms with Crippen molar-refractivity contribution >= 4 is 29.1 Å². The second-order valence-corrected chi connectivity index (χ2v) is 7.33. The van der Waals surface area contributed by atoms with Gasteiger partial charge in [0.25, 0.3) is 5.91 Å². The molecule has 1 aliphatic heterocycles. The Bertz CT molecular complexity index is 964. The van der Waals surface area contributed by atoms with Crippen LogP contribution in [0.25, 0.3) is 0 Å². The molecule has 0 bridgehead atoms. The van der Waals surface area contributed by atoms with E-state index in [0.717, 1.165) is 30.8 Å². The van der Waals surface area contributed by atoms with Crippen LogP contribution in [0.5, 0.6) is 0 Å². The van der Waals surface area contributed by atoms with E-state index in [9.17, 15) is 4.79 Å².